The molecule has 0 aromatic heterocycles. The molecule has 0 saturated heterocycles. The van der Waals surface area contributed by atoms with Crippen molar-refractivity contribution in [1.29, 1.82) is 0 Å². The predicted molar refractivity (Wildman–Crippen MR) is 70.0 cm³/mol. The second kappa shape index (κ2) is 6.62. The van der Waals surface area contributed by atoms with Gasteiger partial charge < -0.3 is 10.1 Å². The molecule has 0 aliphatic heterocycles. The Balaban J connectivity index is 2.81. The Morgan fingerprint density at radius 3 is 2.82 bits per heavy atom. The van der Waals surface area contributed by atoms with E-state index in [2.05, 4.69) is 5.32 Å². The maximum atomic E-state index is 12.1. The first kappa shape index (κ1) is 14.0. The molecule has 0 bridgehead atoms. The molecule has 1 unspecified atom stereocenters. The summed E-state index contributed by atoms with van der Waals surface area (Å²) < 4.78 is 5.10. The van der Waals surface area contributed by atoms with Crippen molar-refractivity contribution < 1.29 is 9.53 Å². The SMILES string of the molecule is CCNCC(C)C(=O)c1ccc(Cl)c(OC)c1. The van der Waals surface area contributed by atoms with Crippen LogP contribution in [0.2, 0.25) is 5.02 Å². The molecule has 4 heteroatoms. The fraction of sp³-hybridized carbons (Fsp3) is 0.462. The highest BCUT2D eigenvalue weighted by Crippen LogP contribution is 2.26. The number of carbonyl (C=O) groups is 1. The Morgan fingerprint density at radius 2 is 2.24 bits per heavy atom. The number of benzene rings is 1. The van der Waals surface area contributed by atoms with Gasteiger partial charge in [0.05, 0.1) is 12.1 Å². The third-order valence-corrected chi connectivity index (χ3v) is 2.90. The summed E-state index contributed by atoms with van der Waals surface area (Å²) >= 11 is 5.92. The van der Waals surface area contributed by atoms with Crippen LogP contribution in [0.4, 0.5) is 0 Å². The topological polar surface area (TPSA) is 38.3 Å². The fourth-order valence-electron chi connectivity index (χ4n) is 1.55. The number of methoxy groups -OCH3 is 1. The molecule has 0 aliphatic rings. The van der Waals surface area contributed by atoms with Gasteiger partial charge in [-0.1, -0.05) is 25.4 Å². The third kappa shape index (κ3) is 3.72. The number of halogens is 1. The fourth-order valence-corrected chi connectivity index (χ4v) is 1.75. The van der Waals surface area contributed by atoms with Crippen LogP contribution in [0.25, 0.3) is 0 Å². The van der Waals surface area contributed by atoms with Crippen molar-refractivity contribution in [2.45, 2.75) is 13.8 Å². The van der Waals surface area contributed by atoms with Crippen molar-refractivity contribution in [1.82, 2.24) is 5.32 Å². The molecule has 1 N–H and O–H groups in total. The number of nitrogens with one attached hydrogen (secondary N) is 1. The first-order chi connectivity index (χ1) is 8.10. The van der Waals surface area contributed by atoms with Crippen LogP contribution in [0.3, 0.4) is 0 Å². The minimum absolute atomic E-state index is 0.0548. The minimum Gasteiger partial charge on any atom is -0.495 e. The second-order valence-electron chi connectivity index (χ2n) is 3.92. The highest BCUT2D eigenvalue weighted by atomic mass is 35.5. The van der Waals surface area contributed by atoms with Gasteiger partial charge in [-0.2, -0.15) is 0 Å². The Kier molecular flexibility index (Phi) is 5.45. The smallest absolute Gasteiger partial charge is 0.167 e. The number of ether oxygens (including phenoxy) is 1. The van der Waals surface area contributed by atoms with E-state index in [-0.39, 0.29) is 11.7 Å². The van der Waals surface area contributed by atoms with Crippen molar-refractivity contribution in [3.8, 4) is 5.75 Å². The van der Waals surface area contributed by atoms with Crippen molar-refractivity contribution in [2.24, 2.45) is 5.92 Å². The number of carbonyl (C=O) groups excluding carboxylic acids is 1. The zero-order valence-electron chi connectivity index (χ0n) is 10.4. The Hall–Kier alpha value is -1.06. The summed E-state index contributed by atoms with van der Waals surface area (Å²) in [6, 6.07) is 5.11. The average molecular weight is 256 g/mol. The zero-order valence-corrected chi connectivity index (χ0v) is 11.2. The summed E-state index contributed by atoms with van der Waals surface area (Å²) in [5.74, 6) is 0.579. The van der Waals surface area contributed by atoms with E-state index in [4.69, 9.17) is 16.3 Å². The van der Waals surface area contributed by atoms with Crippen LogP contribution in [-0.2, 0) is 0 Å². The molecule has 1 atom stereocenters. The molecule has 0 aliphatic carbocycles. The largest absolute Gasteiger partial charge is 0.495 e. The lowest BCUT2D eigenvalue weighted by Crippen LogP contribution is -2.26. The summed E-state index contributed by atoms with van der Waals surface area (Å²) in [5, 5.41) is 3.68. The van der Waals surface area contributed by atoms with Crippen molar-refractivity contribution in [3.63, 3.8) is 0 Å². The van der Waals surface area contributed by atoms with Crippen LogP contribution in [0.15, 0.2) is 18.2 Å². The van der Waals surface area contributed by atoms with Crippen molar-refractivity contribution in [3.05, 3.63) is 28.8 Å². The molecule has 0 spiro atoms. The highest BCUT2D eigenvalue weighted by Gasteiger charge is 2.16. The molecule has 3 nitrogen and oxygen atoms in total. The van der Waals surface area contributed by atoms with E-state index >= 15 is 0 Å². The lowest BCUT2D eigenvalue weighted by molar-refractivity contribution is 0.0929. The number of rotatable bonds is 6. The quantitative estimate of drug-likeness (QED) is 0.795. The summed E-state index contributed by atoms with van der Waals surface area (Å²) in [6.07, 6.45) is 0. The molecular weight excluding hydrogens is 238 g/mol. The van der Waals surface area contributed by atoms with Gasteiger partial charge in [0, 0.05) is 18.0 Å². The summed E-state index contributed by atoms with van der Waals surface area (Å²) in [7, 11) is 1.54. The first-order valence-electron chi connectivity index (χ1n) is 5.68. The summed E-state index contributed by atoms with van der Waals surface area (Å²) in [6.45, 7) is 5.47. The van der Waals surface area contributed by atoms with E-state index in [1.54, 1.807) is 18.2 Å². The summed E-state index contributed by atoms with van der Waals surface area (Å²) in [5.41, 5.74) is 0.636. The van der Waals surface area contributed by atoms with Crippen LogP contribution < -0.4 is 10.1 Å². The van der Waals surface area contributed by atoms with Gasteiger partial charge in [-0.05, 0) is 24.7 Å². The van der Waals surface area contributed by atoms with E-state index in [9.17, 15) is 4.79 Å². The molecule has 1 aromatic carbocycles. The van der Waals surface area contributed by atoms with Gasteiger partial charge in [0.2, 0.25) is 0 Å². The molecule has 94 valence electrons. The van der Waals surface area contributed by atoms with Crippen LogP contribution in [0.1, 0.15) is 24.2 Å². The third-order valence-electron chi connectivity index (χ3n) is 2.58. The Labute approximate surface area is 107 Å². The van der Waals surface area contributed by atoms with E-state index in [0.717, 1.165) is 6.54 Å². The van der Waals surface area contributed by atoms with Gasteiger partial charge >= 0.3 is 0 Å². The first-order valence-corrected chi connectivity index (χ1v) is 6.06. The van der Waals surface area contributed by atoms with Crippen LogP contribution in [0.5, 0.6) is 5.75 Å². The number of Topliss-reactive ketones (excluding diaryl/α,β-unsaturated/α-hetero) is 1. The lowest BCUT2D eigenvalue weighted by Gasteiger charge is -2.12. The van der Waals surface area contributed by atoms with E-state index < -0.39 is 0 Å². The Bertz CT molecular complexity index is 393. The standard InChI is InChI=1S/C13H18ClNO2/c1-4-15-8-9(2)13(16)10-5-6-11(14)12(7-10)17-3/h5-7,9,15H,4,8H2,1-3H3. The van der Waals surface area contributed by atoms with E-state index in [1.165, 1.54) is 7.11 Å². The zero-order chi connectivity index (χ0) is 12.8. The number of hydrogen-bond donors (Lipinski definition) is 1. The second-order valence-corrected chi connectivity index (χ2v) is 4.33. The lowest BCUT2D eigenvalue weighted by atomic mass is 9.99. The minimum atomic E-state index is -0.0548. The monoisotopic (exact) mass is 255 g/mol. The molecule has 0 heterocycles. The van der Waals surface area contributed by atoms with Gasteiger partial charge in [-0.25, -0.2) is 0 Å². The van der Waals surface area contributed by atoms with E-state index in [0.29, 0.717) is 22.9 Å². The van der Waals surface area contributed by atoms with Crippen molar-refractivity contribution in [2.75, 3.05) is 20.2 Å². The van der Waals surface area contributed by atoms with E-state index in [1.807, 2.05) is 13.8 Å². The van der Waals surface area contributed by atoms with Gasteiger partial charge in [0.15, 0.2) is 5.78 Å². The predicted octanol–water partition coefficient (Wildman–Crippen LogP) is 2.78. The highest BCUT2D eigenvalue weighted by molar-refractivity contribution is 6.32. The van der Waals surface area contributed by atoms with Gasteiger partial charge in [-0.3, -0.25) is 4.79 Å². The molecular formula is C13H18ClNO2. The van der Waals surface area contributed by atoms with Gasteiger partial charge in [-0.15, -0.1) is 0 Å². The van der Waals surface area contributed by atoms with Gasteiger partial charge in [0.25, 0.3) is 0 Å². The van der Waals surface area contributed by atoms with Crippen LogP contribution in [-0.4, -0.2) is 26.0 Å². The number of hydrogen-bond acceptors (Lipinski definition) is 3. The molecule has 1 rings (SSSR count). The van der Waals surface area contributed by atoms with Crippen LogP contribution >= 0.6 is 11.6 Å². The molecule has 0 radical (unpaired) electrons. The average Bonchev–Trinajstić information content (AvgIpc) is 2.35. The van der Waals surface area contributed by atoms with Gasteiger partial charge in [0.1, 0.15) is 5.75 Å². The van der Waals surface area contributed by atoms with Crippen LogP contribution in [0, 0.1) is 5.92 Å². The molecule has 0 fully saturated rings. The maximum absolute atomic E-state index is 12.1. The normalized spacial score (nSPS) is 12.2. The molecule has 0 saturated carbocycles. The molecule has 1 aromatic rings. The number of ketones is 1. The van der Waals surface area contributed by atoms with Crippen molar-refractivity contribution >= 4 is 17.4 Å². The Morgan fingerprint density at radius 1 is 1.53 bits per heavy atom. The molecule has 17 heavy (non-hydrogen) atoms. The molecule has 0 amide bonds. The summed E-state index contributed by atoms with van der Waals surface area (Å²) in [4.78, 5) is 12.1. The maximum Gasteiger partial charge on any atom is 0.167 e.